The van der Waals surface area contributed by atoms with Gasteiger partial charge in [-0.15, -0.1) is 0 Å². The lowest BCUT2D eigenvalue weighted by Gasteiger charge is -2.05. The number of carbonyl (C=O) groups excluding carboxylic acids is 1. The average Bonchev–Trinajstić information content (AvgIpc) is 3.27. The summed E-state index contributed by atoms with van der Waals surface area (Å²) in [5, 5.41) is 11.6. The molecule has 4 rings (SSSR count). The zero-order chi connectivity index (χ0) is 19.0. The van der Waals surface area contributed by atoms with E-state index in [4.69, 9.17) is 0 Å². The number of aromatic nitrogens is 6. The summed E-state index contributed by atoms with van der Waals surface area (Å²) in [4.78, 5) is 21.2. The van der Waals surface area contributed by atoms with E-state index in [1.54, 1.807) is 23.0 Å². The highest BCUT2D eigenvalue weighted by molar-refractivity contribution is 9.10. The number of nitrogens with one attached hydrogen (secondary N) is 1. The molecule has 27 heavy (non-hydrogen) atoms. The molecule has 0 bridgehead atoms. The number of nitrogens with zero attached hydrogens (tertiary/aromatic N) is 6. The predicted molar refractivity (Wildman–Crippen MR) is 105 cm³/mol. The zero-order valence-electron chi connectivity index (χ0n) is 14.7. The number of halogens is 1. The van der Waals surface area contributed by atoms with Crippen LogP contribution in [0.15, 0.2) is 47.5 Å². The summed E-state index contributed by atoms with van der Waals surface area (Å²) in [6.45, 7) is 4.76. The fourth-order valence-electron chi connectivity index (χ4n) is 2.82. The Bertz CT molecular complexity index is 1130. The number of pyridine rings is 1. The van der Waals surface area contributed by atoms with Gasteiger partial charge in [0, 0.05) is 35.2 Å². The summed E-state index contributed by atoms with van der Waals surface area (Å²) in [5.74, 6) is 0.143. The molecule has 0 aromatic carbocycles. The van der Waals surface area contributed by atoms with Gasteiger partial charge in [0.2, 0.25) is 0 Å². The van der Waals surface area contributed by atoms with Gasteiger partial charge in [-0.1, -0.05) is 0 Å². The van der Waals surface area contributed by atoms with Crippen LogP contribution in [0.25, 0.3) is 16.9 Å². The summed E-state index contributed by atoms with van der Waals surface area (Å²) in [6.07, 6.45) is 6.77. The van der Waals surface area contributed by atoms with Crippen LogP contribution < -0.4 is 5.32 Å². The molecule has 0 saturated heterocycles. The van der Waals surface area contributed by atoms with Crippen molar-refractivity contribution in [1.29, 1.82) is 0 Å². The first-order valence-corrected chi connectivity index (χ1v) is 9.16. The Morgan fingerprint density at radius 2 is 2.07 bits per heavy atom. The third-order valence-corrected chi connectivity index (χ3v) is 4.63. The number of rotatable bonds is 4. The van der Waals surface area contributed by atoms with Crippen molar-refractivity contribution in [3.63, 3.8) is 0 Å². The molecule has 0 spiro atoms. The fourth-order valence-corrected chi connectivity index (χ4v) is 3.05. The first kappa shape index (κ1) is 17.3. The molecule has 0 fully saturated rings. The minimum absolute atomic E-state index is 0.314. The predicted octanol–water partition coefficient (Wildman–Crippen LogP) is 3.33. The van der Waals surface area contributed by atoms with Crippen molar-refractivity contribution in [3.05, 3.63) is 58.7 Å². The lowest BCUT2D eigenvalue weighted by Crippen LogP contribution is -2.13. The number of aryl methyl sites for hydroxylation is 2. The molecule has 0 atom stereocenters. The van der Waals surface area contributed by atoms with Gasteiger partial charge >= 0.3 is 0 Å². The quantitative estimate of drug-likeness (QED) is 0.541. The maximum atomic E-state index is 12.7. The molecule has 4 heterocycles. The van der Waals surface area contributed by atoms with E-state index >= 15 is 0 Å². The first-order chi connectivity index (χ1) is 13.1. The number of fused-ring (bicyclic) bond motifs is 1. The van der Waals surface area contributed by atoms with Crippen molar-refractivity contribution in [2.24, 2.45) is 0 Å². The van der Waals surface area contributed by atoms with Gasteiger partial charge in [-0.2, -0.15) is 10.2 Å². The summed E-state index contributed by atoms with van der Waals surface area (Å²) < 4.78 is 4.37. The number of amides is 1. The summed E-state index contributed by atoms with van der Waals surface area (Å²) in [6, 6.07) is 5.39. The molecule has 0 radical (unpaired) electrons. The molecule has 0 unspecified atom stereocenters. The maximum Gasteiger partial charge on any atom is 0.262 e. The van der Waals surface area contributed by atoms with Crippen LogP contribution in [-0.4, -0.2) is 35.3 Å². The third kappa shape index (κ3) is 3.21. The lowest BCUT2D eigenvalue weighted by molar-refractivity contribution is 0.102. The highest BCUT2D eigenvalue weighted by Crippen LogP contribution is 2.24. The molecular weight excluding hydrogens is 410 g/mol. The van der Waals surface area contributed by atoms with E-state index in [2.05, 4.69) is 41.4 Å². The standard InChI is InChI=1S/C18H16BrN7O/c1-3-25-10-14(11(2)24-25)15-6-7-20-17-13(9-22-26(15)17)18(27)23-16-5-4-12(19)8-21-16/h4-10H,3H2,1-2H3,(H,21,23,27). The van der Waals surface area contributed by atoms with Gasteiger partial charge in [0.05, 0.1) is 17.6 Å². The van der Waals surface area contributed by atoms with Gasteiger partial charge in [0.25, 0.3) is 5.91 Å². The molecule has 1 amide bonds. The van der Waals surface area contributed by atoms with E-state index in [-0.39, 0.29) is 5.91 Å². The summed E-state index contributed by atoms with van der Waals surface area (Å²) in [5.41, 5.74) is 3.53. The van der Waals surface area contributed by atoms with Crippen molar-refractivity contribution < 1.29 is 4.79 Å². The molecule has 0 aliphatic heterocycles. The number of carbonyl (C=O) groups is 1. The Morgan fingerprint density at radius 3 is 2.78 bits per heavy atom. The Morgan fingerprint density at radius 1 is 1.22 bits per heavy atom. The molecule has 0 aliphatic carbocycles. The van der Waals surface area contributed by atoms with Crippen LogP contribution in [-0.2, 0) is 6.54 Å². The van der Waals surface area contributed by atoms with E-state index < -0.39 is 0 Å². The van der Waals surface area contributed by atoms with Crippen LogP contribution in [0.4, 0.5) is 5.82 Å². The number of anilines is 1. The van der Waals surface area contributed by atoms with Gasteiger partial charge in [0.15, 0.2) is 5.65 Å². The molecule has 136 valence electrons. The molecule has 0 aliphatic rings. The second-order valence-electron chi connectivity index (χ2n) is 5.92. The largest absolute Gasteiger partial charge is 0.306 e. The normalized spacial score (nSPS) is 11.1. The van der Waals surface area contributed by atoms with Crippen LogP contribution >= 0.6 is 15.9 Å². The van der Waals surface area contributed by atoms with Gasteiger partial charge in [-0.25, -0.2) is 14.5 Å². The third-order valence-electron chi connectivity index (χ3n) is 4.16. The molecule has 1 N–H and O–H groups in total. The first-order valence-electron chi connectivity index (χ1n) is 8.37. The second-order valence-corrected chi connectivity index (χ2v) is 6.84. The second kappa shape index (κ2) is 6.92. The Balaban J connectivity index is 1.72. The van der Waals surface area contributed by atoms with E-state index in [1.165, 1.54) is 6.20 Å². The smallest absolute Gasteiger partial charge is 0.262 e. The van der Waals surface area contributed by atoms with Crippen molar-refractivity contribution in [1.82, 2.24) is 29.4 Å². The van der Waals surface area contributed by atoms with Crippen LogP contribution in [0.1, 0.15) is 23.0 Å². The van der Waals surface area contributed by atoms with Crippen molar-refractivity contribution in [3.8, 4) is 11.3 Å². The topological polar surface area (TPSA) is 90.0 Å². The Kier molecular flexibility index (Phi) is 4.44. The molecule has 4 aromatic rings. The zero-order valence-corrected chi connectivity index (χ0v) is 16.3. The molecule has 8 nitrogen and oxygen atoms in total. The minimum atomic E-state index is -0.314. The minimum Gasteiger partial charge on any atom is -0.306 e. The van der Waals surface area contributed by atoms with E-state index in [1.807, 2.05) is 36.9 Å². The van der Waals surface area contributed by atoms with E-state index in [9.17, 15) is 4.79 Å². The van der Waals surface area contributed by atoms with Crippen LogP contribution in [0.3, 0.4) is 0 Å². The number of hydrogen-bond donors (Lipinski definition) is 1. The Labute approximate surface area is 163 Å². The maximum absolute atomic E-state index is 12.7. The number of hydrogen-bond acceptors (Lipinski definition) is 5. The van der Waals surface area contributed by atoms with Crippen LogP contribution in [0.5, 0.6) is 0 Å². The average molecular weight is 426 g/mol. The summed E-state index contributed by atoms with van der Waals surface area (Å²) >= 11 is 3.32. The van der Waals surface area contributed by atoms with Gasteiger partial charge in [-0.05, 0) is 48.0 Å². The molecule has 0 saturated carbocycles. The monoisotopic (exact) mass is 425 g/mol. The van der Waals surface area contributed by atoms with Crippen molar-refractivity contribution in [2.75, 3.05) is 5.32 Å². The lowest BCUT2D eigenvalue weighted by atomic mass is 10.2. The highest BCUT2D eigenvalue weighted by Gasteiger charge is 2.18. The van der Waals surface area contributed by atoms with Crippen molar-refractivity contribution >= 4 is 33.3 Å². The summed E-state index contributed by atoms with van der Waals surface area (Å²) in [7, 11) is 0. The molecule has 4 aromatic heterocycles. The van der Waals surface area contributed by atoms with Gasteiger partial charge in [-0.3, -0.25) is 9.48 Å². The van der Waals surface area contributed by atoms with Crippen LogP contribution in [0.2, 0.25) is 0 Å². The van der Waals surface area contributed by atoms with E-state index in [0.29, 0.717) is 17.0 Å². The van der Waals surface area contributed by atoms with Gasteiger partial charge in [0.1, 0.15) is 11.4 Å². The Hall–Kier alpha value is -3.07. The van der Waals surface area contributed by atoms with E-state index in [0.717, 1.165) is 28.0 Å². The van der Waals surface area contributed by atoms with Crippen LogP contribution in [0, 0.1) is 6.92 Å². The molecular formula is C18H16BrN7O. The molecule has 9 heteroatoms. The highest BCUT2D eigenvalue weighted by atomic mass is 79.9. The fraction of sp³-hybridized carbons (Fsp3) is 0.167. The van der Waals surface area contributed by atoms with Gasteiger partial charge < -0.3 is 5.32 Å². The van der Waals surface area contributed by atoms with Crippen molar-refractivity contribution in [2.45, 2.75) is 20.4 Å². The SMILES string of the molecule is CCn1cc(-c2ccnc3c(C(=O)Nc4ccc(Br)cn4)cnn23)c(C)n1.